The molecule has 30 heavy (non-hydrogen) atoms. The van der Waals surface area contributed by atoms with Crippen molar-refractivity contribution in [3.8, 4) is 5.75 Å². The molecule has 9 heteroatoms. The first-order chi connectivity index (χ1) is 14.2. The van der Waals surface area contributed by atoms with Crippen LogP contribution in [-0.2, 0) is 15.5 Å². The number of Topliss-reactive ketones (excluding diaryl/α,β-unsaturated/α-hetero) is 1. The molecular formula is C21H21ClF2O6. The normalized spacial score (nSPS) is 24.7. The topological polar surface area (TPSA) is 96.2 Å². The van der Waals surface area contributed by atoms with Crippen molar-refractivity contribution in [1.82, 2.24) is 0 Å². The summed E-state index contributed by atoms with van der Waals surface area (Å²) in [6, 6.07) is 8.93. The number of ketones is 1. The van der Waals surface area contributed by atoms with Gasteiger partial charge in [0.05, 0.1) is 18.2 Å². The molecule has 2 aromatic rings. The van der Waals surface area contributed by atoms with E-state index in [0.717, 1.165) is 6.07 Å². The summed E-state index contributed by atoms with van der Waals surface area (Å²) in [5, 5.41) is 29.2. The zero-order valence-corrected chi connectivity index (χ0v) is 16.7. The molecule has 0 bridgehead atoms. The van der Waals surface area contributed by atoms with Gasteiger partial charge in [-0.3, -0.25) is 4.79 Å². The maximum Gasteiger partial charge on any atom is 0.299 e. The van der Waals surface area contributed by atoms with Crippen LogP contribution in [0.1, 0.15) is 29.7 Å². The fourth-order valence-corrected chi connectivity index (χ4v) is 3.54. The average Bonchev–Trinajstić information content (AvgIpc) is 2.73. The second-order valence-electron chi connectivity index (χ2n) is 6.84. The van der Waals surface area contributed by atoms with Gasteiger partial charge in [0.1, 0.15) is 30.2 Å². The molecule has 0 aliphatic carbocycles. The molecule has 162 valence electrons. The van der Waals surface area contributed by atoms with Crippen LogP contribution >= 0.6 is 11.6 Å². The summed E-state index contributed by atoms with van der Waals surface area (Å²) in [5.41, 5.74) is -0.773. The standard InChI is InChI=1S/C21H21ClF2O6/c1-2-29-13-6-4-12(5-7-13)21(23,24)14-9-11(3-8-15(14)22)20-19(28)18(27)17(26)16(10-25)30-20/h3-9,16,18-20,25,27-28H,2,10H2,1H3/t16-,18+,19+,20+/m1/s1. The second-order valence-corrected chi connectivity index (χ2v) is 7.24. The first kappa shape index (κ1) is 22.6. The van der Waals surface area contributed by atoms with Gasteiger partial charge in [0.15, 0.2) is 5.78 Å². The molecule has 4 atom stereocenters. The number of carbonyl (C=O) groups excluding carboxylic acids is 1. The molecule has 2 aromatic carbocycles. The van der Waals surface area contributed by atoms with Gasteiger partial charge in [-0.25, -0.2) is 0 Å². The van der Waals surface area contributed by atoms with E-state index < -0.39 is 48.3 Å². The van der Waals surface area contributed by atoms with Crippen molar-refractivity contribution < 1.29 is 38.4 Å². The number of alkyl halides is 2. The highest BCUT2D eigenvalue weighted by molar-refractivity contribution is 6.31. The summed E-state index contributed by atoms with van der Waals surface area (Å²) in [7, 11) is 0. The van der Waals surface area contributed by atoms with Crippen LogP contribution < -0.4 is 4.74 Å². The fourth-order valence-electron chi connectivity index (χ4n) is 3.30. The van der Waals surface area contributed by atoms with Crippen molar-refractivity contribution in [2.75, 3.05) is 13.2 Å². The van der Waals surface area contributed by atoms with E-state index in [4.69, 9.17) is 21.1 Å². The number of hydrogen-bond acceptors (Lipinski definition) is 6. The fraction of sp³-hybridized carbons (Fsp3) is 0.381. The van der Waals surface area contributed by atoms with Gasteiger partial charge in [-0.2, -0.15) is 8.78 Å². The third-order valence-electron chi connectivity index (χ3n) is 4.90. The minimum Gasteiger partial charge on any atom is -0.494 e. The highest BCUT2D eigenvalue weighted by Gasteiger charge is 2.44. The van der Waals surface area contributed by atoms with Crippen molar-refractivity contribution in [1.29, 1.82) is 0 Å². The van der Waals surface area contributed by atoms with E-state index in [2.05, 4.69) is 0 Å². The lowest BCUT2D eigenvalue weighted by Gasteiger charge is -2.36. The quantitative estimate of drug-likeness (QED) is 0.636. The monoisotopic (exact) mass is 442 g/mol. The van der Waals surface area contributed by atoms with Gasteiger partial charge in [-0.05, 0) is 48.9 Å². The molecule has 0 radical (unpaired) electrons. The van der Waals surface area contributed by atoms with E-state index in [1.807, 2.05) is 0 Å². The Kier molecular flexibility index (Phi) is 6.74. The van der Waals surface area contributed by atoms with Gasteiger partial charge in [0.2, 0.25) is 0 Å². The van der Waals surface area contributed by atoms with Crippen LogP contribution in [0.5, 0.6) is 5.75 Å². The van der Waals surface area contributed by atoms with Gasteiger partial charge < -0.3 is 24.8 Å². The smallest absolute Gasteiger partial charge is 0.299 e. The summed E-state index contributed by atoms with van der Waals surface area (Å²) in [6.07, 6.45) is -6.18. The van der Waals surface area contributed by atoms with E-state index >= 15 is 8.78 Å². The number of aliphatic hydroxyl groups excluding tert-OH is 3. The molecule has 3 rings (SSSR count). The summed E-state index contributed by atoms with van der Waals surface area (Å²) >= 11 is 6.04. The molecule has 1 aliphatic heterocycles. The van der Waals surface area contributed by atoms with Crippen LogP contribution in [0.3, 0.4) is 0 Å². The van der Waals surface area contributed by atoms with E-state index in [-0.39, 0.29) is 16.1 Å². The molecule has 0 amide bonds. The molecular weight excluding hydrogens is 422 g/mol. The average molecular weight is 443 g/mol. The number of rotatable bonds is 6. The predicted octanol–water partition coefficient (Wildman–Crippen LogP) is 2.60. The maximum absolute atomic E-state index is 15.2. The minimum absolute atomic E-state index is 0.0810. The predicted molar refractivity (Wildman–Crippen MR) is 104 cm³/mol. The summed E-state index contributed by atoms with van der Waals surface area (Å²) in [4.78, 5) is 11.8. The number of carbonyl (C=O) groups is 1. The molecule has 3 N–H and O–H groups in total. The zero-order valence-electron chi connectivity index (χ0n) is 16.0. The molecule has 1 heterocycles. The molecule has 0 spiro atoms. The molecule has 1 saturated heterocycles. The Morgan fingerprint density at radius 1 is 1.17 bits per heavy atom. The van der Waals surface area contributed by atoms with Crippen molar-refractivity contribution >= 4 is 17.4 Å². The summed E-state index contributed by atoms with van der Waals surface area (Å²) < 4.78 is 41.1. The van der Waals surface area contributed by atoms with Crippen LogP contribution in [0.4, 0.5) is 8.78 Å². The van der Waals surface area contributed by atoms with Crippen molar-refractivity contribution in [2.45, 2.75) is 37.3 Å². The largest absolute Gasteiger partial charge is 0.494 e. The van der Waals surface area contributed by atoms with Crippen LogP contribution in [0.25, 0.3) is 0 Å². The molecule has 6 nitrogen and oxygen atoms in total. The van der Waals surface area contributed by atoms with Gasteiger partial charge in [0.25, 0.3) is 5.92 Å². The Morgan fingerprint density at radius 3 is 2.43 bits per heavy atom. The van der Waals surface area contributed by atoms with Gasteiger partial charge in [0, 0.05) is 11.1 Å². The van der Waals surface area contributed by atoms with Gasteiger partial charge in [-0.15, -0.1) is 0 Å². The van der Waals surface area contributed by atoms with E-state index in [1.54, 1.807) is 6.92 Å². The molecule has 1 fully saturated rings. The Bertz CT molecular complexity index is 901. The summed E-state index contributed by atoms with van der Waals surface area (Å²) in [5.74, 6) is -3.91. The maximum atomic E-state index is 15.2. The lowest BCUT2D eigenvalue weighted by atomic mass is 9.90. The molecule has 0 saturated carbocycles. The number of benzene rings is 2. The Hall–Kier alpha value is -2.10. The Balaban J connectivity index is 1.97. The number of hydrogen-bond donors (Lipinski definition) is 3. The van der Waals surface area contributed by atoms with Crippen LogP contribution in [-0.4, -0.2) is 52.6 Å². The van der Waals surface area contributed by atoms with Crippen LogP contribution in [0.15, 0.2) is 42.5 Å². The van der Waals surface area contributed by atoms with Gasteiger partial charge in [-0.1, -0.05) is 17.7 Å². The third kappa shape index (κ3) is 4.19. The minimum atomic E-state index is -3.48. The molecule has 0 unspecified atom stereocenters. The molecule has 1 aliphatic rings. The zero-order chi connectivity index (χ0) is 22.1. The van der Waals surface area contributed by atoms with E-state index in [0.29, 0.717) is 12.4 Å². The summed E-state index contributed by atoms with van der Waals surface area (Å²) in [6.45, 7) is 1.46. The lowest BCUT2D eigenvalue weighted by Crippen LogP contribution is -2.52. The first-order valence-electron chi connectivity index (χ1n) is 9.28. The first-order valence-corrected chi connectivity index (χ1v) is 9.65. The highest BCUT2D eigenvalue weighted by Crippen LogP contribution is 2.42. The Morgan fingerprint density at radius 2 is 1.83 bits per heavy atom. The number of ether oxygens (including phenoxy) is 2. The Labute approximate surface area is 176 Å². The van der Waals surface area contributed by atoms with Crippen molar-refractivity contribution in [2.24, 2.45) is 0 Å². The number of halogens is 3. The van der Waals surface area contributed by atoms with Crippen molar-refractivity contribution in [3.63, 3.8) is 0 Å². The van der Waals surface area contributed by atoms with Crippen LogP contribution in [0, 0.1) is 0 Å². The SMILES string of the molecule is CCOc1ccc(C(F)(F)c2cc([C@@H]3O[C@H](CO)C(=O)[C@H](O)[C@@H]3O)ccc2Cl)cc1. The molecule has 0 aromatic heterocycles. The van der Waals surface area contributed by atoms with Crippen molar-refractivity contribution in [3.05, 3.63) is 64.2 Å². The second kappa shape index (κ2) is 8.95. The highest BCUT2D eigenvalue weighted by atomic mass is 35.5. The third-order valence-corrected chi connectivity index (χ3v) is 5.23. The van der Waals surface area contributed by atoms with Crippen LogP contribution in [0.2, 0.25) is 5.02 Å². The van der Waals surface area contributed by atoms with Gasteiger partial charge >= 0.3 is 0 Å². The van der Waals surface area contributed by atoms with E-state index in [9.17, 15) is 20.1 Å². The van der Waals surface area contributed by atoms with E-state index in [1.165, 1.54) is 36.4 Å². The lowest BCUT2D eigenvalue weighted by molar-refractivity contribution is -0.188. The number of aliphatic hydroxyl groups is 3.